The van der Waals surface area contributed by atoms with Crippen molar-refractivity contribution >= 4 is 0 Å². The first kappa shape index (κ1) is 6.99. The van der Waals surface area contributed by atoms with Gasteiger partial charge in [-0.3, -0.25) is 10.1 Å². The standard InChI is InChI=1S/C7H9NO2/c1-7(8(9)10)5-3-2-4-6-7/h3-6H,2H2,1H3. The summed E-state index contributed by atoms with van der Waals surface area (Å²) < 4.78 is 0. The molecule has 0 aromatic rings. The minimum atomic E-state index is -0.960. The summed E-state index contributed by atoms with van der Waals surface area (Å²) in [6.07, 6.45) is 7.66. The molecule has 0 unspecified atom stereocenters. The van der Waals surface area contributed by atoms with Crippen molar-refractivity contribution in [3.05, 3.63) is 34.4 Å². The van der Waals surface area contributed by atoms with Crippen LogP contribution in [0.4, 0.5) is 0 Å². The van der Waals surface area contributed by atoms with Crippen LogP contribution in [0.2, 0.25) is 0 Å². The normalized spacial score (nSPS) is 20.9. The van der Waals surface area contributed by atoms with Crippen LogP contribution in [-0.4, -0.2) is 10.5 Å². The molecule has 0 radical (unpaired) electrons. The van der Waals surface area contributed by atoms with Crippen molar-refractivity contribution in [2.75, 3.05) is 0 Å². The van der Waals surface area contributed by atoms with Gasteiger partial charge in [-0.1, -0.05) is 12.2 Å². The molecule has 1 aliphatic carbocycles. The Bertz CT molecular complexity index is 194. The Balaban J connectivity index is 2.85. The Labute approximate surface area is 59.2 Å². The van der Waals surface area contributed by atoms with Crippen LogP contribution in [0, 0.1) is 10.1 Å². The Morgan fingerprint density at radius 1 is 1.50 bits per heavy atom. The first-order valence-corrected chi connectivity index (χ1v) is 3.15. The number of rotatable bonds is 1. The van der Waals surface area contributed by atoms with E-state index >= 15 is 0 Å². The van der Waals surface area contributed by atoms with Crippen LogP contribution in [0.1, 0.15) is 13.3 Å². The topological polar surface area (TPSA) is 43.1 Å². The maximum atomic E-state index is 10.4. The monoisotopic (exact) mass is 139 g/mol. The van der Waals surface area contributed by atoms with Gasteiger partial charge in [0.25, 0.3) is 5.54 Å². The maximum absolute atomic E-state index is 10.4. The lowest BCUT2D eigenvalue weighted by molar-refractivity contribution is -0.535. The van der Waals surface area contributed by atoms with E-state index in [4.69, 9.17) is 0 Å². The van der Waals surface area contributed by atoms with Gasteiger partial charge in [-0.2, -0.15) is 0 Å². The number of hydrogen-bond acceptors (Lipinski definition) is 2. The molecular weight excluding hydrogens is 130 g/mol. The Kier molecular flexibility index (Phi) is 1.57. The molecule has 0 aromatic heterocycles. The van der Waals surface area contributed by atoms with Crippen LogP contribution < -0.4 is 0 Å². The number of allylic oxidation sites excluding steroid dienone is 2. The van der Waals surface area contributed by atoms with Crippen LogP contribution in [0.3, 0.4) is 0 Å². The minimum Gasteiger partial charge on any atom is -0.263 e. The summed E-state index contributed by atoms with van der Waals surface area (Å²) in [5, 5.41) is 10.4. The summed E-state index contributed by atoms with van der Waals surface area (Å²) in [6.45, 7) is 1.58. The molecule has 0 fully saturated rings. The quantitative estimate of drug-likeness (QED) is 0.314. The van der Waals surface area contributed by atoms with Crippen molar-refractivity contribution in [2.24, 2.45) is 0 Å². The highest BCUT2D eigenvalue weighted by atomic mass is 16.6. The SMILES string of the molecule is CC1([N+](=O)[O-])C=CCC=C1. The van der Waals surface area contributed by atoms with Gasteiger partial charge in [0.15, 0.2) is 0 Å². The molecule has 0 atom stereocenters. The molecule has 1 aliphatic rings. The van der Waals surface area contributed by atoms with Gasteiger partial charge in [0.1, 0.15) is 0 Å². The summed E-state index contributed by atoms with van der Waals surface area (Å²) in [5.41, 5.74) is -0.960. The zero-order valence-corrected chi connectivity index (χ0v) is 5.78. The van der Waals surface area contributed by atoms with Gasteiger partial charge in [-0.05, 0) is 18.6 Å². The van der Waals surface area contributed by atoms with Crippen LogP contribution in [0.25, 0.3) is 0 Å². The van der Waals surface area contributed by atoms with Crippen LogP contribution >= 0.6 is 0 Å². The van der Waals surface area contributed by atoms with Crippen molar-refractivity contribution in [3.8, 4) is 0 Å². The second-order valence-corrected chi connectivity index (χ2v) is 2.52. The molecule has 0 saturated carbocycles. The van der Waals surface area contributed by atoms with Crippen molar-refractivity contribution in [3.63, 3.8) is 0 Å². The molecule has 0 heterocycles. The van der Waals surface area contributed by atoms with E-state index in [2.05, 4.69) is 0 Å². The highest BCUT2D eigenvalue weighted by Gasteiger charge is 2.30. The maximum Gasteiger partial charge on any atom is 0.255 e. The molecule has 54 valence electrons. The van der Waals surface area contributed by atoms with E-state index in [1.54, 1.807) is 19.1 Å². The number of hydrogen-bond donors (Lipinski definition) is 0. The van der Waals surface area contributed by atoms with Crippen molar-refractivity contribution in [2.45, 2.75) is 18.9 Å². The van der Waals surface area contributed by atoms with Gasteiger partial charge in [0.05, 0.1) is 0 Å². The molecule has 10 heavy (non-hydrogen) atoms. The van der Waals surface area contributed by atoms with Crippen molar-refractivity contribution in [1.29, 1.82) is 0 Å². The van der Waals surface area contributed by atoms with Crippen LogP contribution in [0.15, 0.2) is 24.3 Å². The van der Waals surface area contributed by atoms with E-state index in [1.807, 2.05) is 12.2 Å². The Morgan fingerprint density at radius 2 is 2.00 bits per heavy atom. The fourth-order valence-corrected chi connectivity index (χ4v) is 0.869. The highest BCUT2D eigenvalue weighted by Crippen LogP contribution is 2.17. The Hall–Kier alpha value is -1.12. The van der Waals surface area contributed by atoms with Gasteiger partial charge >= 0.3 is 0 Å². The number of nitro groups is 1. The van der Waals surface area contributed by atoms with E-state index in [0.29, 0.717) is 0 Å². The lowest BCUT2D eigenvalue weighted by Crippen LogP contribution is -2.30. The Morgan fingerprint density at radius 3 is 2.30 bits per heavy atom. The van der Waals surface area contributed by atoms with E-state index in [1.165, 1.54) is 0 Å². The predicted octanol–water partition coefficient (Wildman–Crippen LogP) is 1.54. The summed E-state index contributed by atoms with van der Waals surface area (Å²) in [6, 6.07) is 0. The van der Waals surface area contributed by atoms with E-state index < -0.39 is 5.54 Å². The predicted molar refractivity (Wildman–Crippen MR) is 38.3 cm³/mol. The van der Waals surface area contributed by atoms with Crippen molar-refractivity contribution in [1.82, 2.24) is 0 Å². The third-order valence-corrected chi connectivity index (χ3v) is 1.58. The summed E-state index contributed by atoms with van der Waals surface area (Å²) >= 11 is 0. The van der Waals surface area contributed by atoms with E-state index in [0.717, 1.165) is 6.42 Å². The molecule has 0 amide bonds. The highest BCUT2D eigenvalue weighted by molar-refractivity contribution is 5.17. The molecule has 0 aliphatic heterocycles. The van der Waals surface area contributed by atoms with Gasteiger partial charge in [0.2, 0.25) is 0 Å². The van der Waals surface area contributed by atoms with Gasteiger partial charge < -0.3 is 0 Å². The van der Waals surface area contributed by atoms with Gasteiger partial charge in [-0.25, -0.2) is 0 Å². The second-order valence-electron chi connectivity index (χ2n) is 2.52. The van der Waals surface area contributed by atoms with Crippen molar-refractivity contribution < 1.29 is 4.92 Å². The average Bonchev–Trinajstić information content (AvgIpc) is 1.89. The van der Waals surface area contributed by atoms with Crippen LogP contribution in [0.5, 0.6) is 0 Å². The van der Waals surface area contributed by atoms with E-state index in [9.17, 15) is 10.1 Å². The fraction of sp³-hybridized carbons (Fsp3) is 0.429. The molecule has 0 N–H and O–H groups in total. The molecule has 3 heteroatoms. The largest absolute Gasteiger partial charge is 0.263 e. The minimum absolute atomic E-state index is 0.292. The van der Waals surface area contributed by atoms with E-state index in [-0.39, 0.29) is 4.92 Å². The smallest absolute Gasteiger partial charge is 0.255 e. The third kappa shape index (κ3) is 1.07. The molecule has 3 nitrogen and oxygen atoms in total. The fourth-order valence-electron chi connectivity index (χ4n) is 0.869. The average molecular weight is 139 g/mol. The molecular formula is C7H9NO2. The molecule has 0 spiro atoms. The zero-order valence-electron chi connectivity index (χ0n) is 5.78. The first-order chi connectivity index (χ1) is 4.65. The molecule has 0 bridgehead atoms. The summed E-state index contributed by atoms with van der Waals surface area (Å²) in [5.74, 6) is 0. The zero-order chi connectivity index (χ0) is 7.61. The molecule has 0 aromatic carbocycles. The summed E-state index contributed by atoms with van der Waals surface area (Å²) in [7, 11) is 0. The lowest BCUT2D eigenvalue weighted by Gasteiger charge is -2.13. The molecule has 1 rings (SSSR count). The molecule has 0 saturated heterocycles. The van der Waals surface area contributed by atoms with Crippen LogP contribution in [-0.2, 0) is 0 Å². The number of nitrogens with zero attached hydrogens (tertiary/aromatic N) is 1. The third-order valence-electron chi connectivity index (χ3n) is 1.58. The lowest BCUT2D eigenvalue weighted by atomic mass is 9.98. The second kappa shape index (κ2) is 2.25. The van der Waals surface area contributed by atoms with Gasteiger partial charge in [0, 0.05) is 11.8 Å². The summed E-state index contributed by atoms with van der Waals surface area (Å²) in [4.78, 5) is 10.1. The first-order valence-electron chi connectivity index (χ1n) is 3.15. The van der Waals surface area contributed by atoms with Gasteiger partial charge in [-0.15, -0.1) is 0 Å².